The second-order valence-electron chi connectivity index (χ2n) is 6.67. The highest BCUT2D eigenvalue weighted by atomic mass is 16.4. The van der Waals surface area contributed by atoms with Crippen molar-refractivity contribution < 1.29 is 14.7 Å². The molecule has 142 valence electrons. The second kappa shape index (κ2) is 7.09. The molecule has 0 bridgehead atoms. The number of carbonyl (C=O) groups excluding carboxylic acids is 1. The van der Waals surface area contributed by atoms with Crippen LogP contribution in [0.1, 0.15) is 34.0 Å². The van der Waals surface area contributed by atoms with Crippen LogP contribution in [0, 0.1) is 11.3 Å². The van der Waals surface area contributed by atoms with Gasteiger partial charge in [0.25, 0.3) is 5.91 Å². The number of amides is 1. The van der Waals surface area contributed by atoms with Gasteiger partial charge in [-0.05, 0) is 48.4 Å². The molecule has 0 saturated carbocycles. The van der Waals surface area contributed by atoms with Gasteiger partial charge in [-0.1, -0.05) is 24.3 Å². The van der Waals surface area contributed by atoms with Gasteiger partial charge in [-0.15, -0.1) is 0 Å². The van der Waals surface area contributed by atoms with Crippen molar-refractivity contribution in [3.8, 4) is 6.07 Å². The molecule has 7 nitrogen and oxygen atoms in total. The highest BCUT2D eigenvalue weighted by Gasteiger charge is 2.31. The fourth-order valence-corrected chi connectivity index (χ4v) is 3.29. The predicted molar refractivity (Wildman–Crippen MR) is 107 cm³/mol. The van der Waals surface area contributed by atoms with E-state index in [-0.39, 0.29) is 11.5 Å². The SMILES string of the molecule is CC1=NN2C(=O)C=C(c3ccc(C#N)cc3)NC2C=C1c1ccc(C(=O)O)cc1. The van der Waals surface area contributed by atoms with Gasteiger partial charge < -0.3 is 10.4 Å². The number of nitrogens with one attached hydrogen (secondary N) is 1. The van der Waals surface area contributed by atoms with Gasteiger partial charge in [-0.3, -0.25) is 4.79 Å². The number of hydrazone groups is 1. The maximum Gasteiger partial charge on any atom is 0.335 e. The van der Waals surface area contributed by atoms with Crippen molar-refractivity contribution in [3.63, 3.8) is 0 Å². The smallest absolute Gasteiger partial charge is 0.335 e. The van der Waals surface area contributed by atoms with Gasteiger partial charge in [0.05, 0.1) is 22.9 Å². The Labute approximate surface area is 166 Å². The fourth-order valence-electron chi connectivity index (χ4n) is 3.29. The quantitative estimate of drug-likeness (QED) is 0.846. The van der Waals surface area contributed by atoms with Crippen molar-refractivity contribution in [2.24, 2.45) is 5.10 Å². The van der Waals surface area contributed by atoms with Crippen LogP contribution in [0.5, 0.6) is 0 Å². The van der Waals surface area contributed by atoms with Crippen LogP contribution in [0.25, 0.3) is 11.3 Å². The van der Waals surface area contributed by atoms with Crippen LogP contribution in [0.3, 0.4) is 0 Å². The Bertz CT molecular complexity index is 1140. The van der Waals surface area contributed by atoms with Crippen molar-refractivity contribution in [3.05, 3.63) is 82.9 Å². The van der Waals surface area contributed by atoms with E-state index in [0.29, 0.717) is 17.0 Å². The largest absolute Gasteiger partial charge is 0.478 e. The van der Waals surface area contributed by atoms with Gasteiger partial charge in [0.2, 0.25) is 0 Å². The molecule has 0 aliphatic carbocycles. The first-order valence-corrected chi connectivity index (χ1v) is 8.89. The van der Waals surface area contributed by atoms with E-state index < -0.39 is 12.1 Å². The third kappa shape index (κ3) is 3.39. The number of allylic oxidation sites excluding steroid dienone is 1. The topological polar surface area (TPSA) is 106 Å². The molecular formula is C22H16N4O3. The van der Waals surface area contributed by atoms with Crippen LogP contribution in [-0.2, 0) is 4.79 Å². The summed E-state index contributed by atoms with van der Waals surface area (Å²) < 4.78 is 0. The molecule has 4 rings (SSSR count). The Balaban J connectivity index is 1.66. The molecule has 2 N–H and O–H groups in total. The summed E-state index contributed by atoms with van der Waals surface area (Å²) in [4.78, 5) is 23.7. The molecule has 0 aromatic heterocycles. The number of benzene rings is 2. The number of rotatable bonds is 3. The average Bonchev–Trinajstić information content (AvgIpc) is 2.74. The van der Waals surface area contributed by atoms with E-state index in [0.717, 1.165) is 16.7 Å². The zero-order valence-corrected chi connectivity index (χ0v) is 15.5. The van der Waals surface area contributed by atoms with Crippen LogP contribution >= 0.6 is 0 Å². The number of hydrogen-bond donors (Lipinski definition) is 2. The zero-order valence-electron chi connectivity index (χ0n) is 15.5. The third-order valence-corrected chi connectivity index (χ3v) is 4.80. The molecular weight excluding hydrogens is 368 g/mol. The molecule has 2 aromatic carbocycles. The predicted octanol–water partition coefficient (Wildman–Crippen LogP) is 2.83. The van der Waals surface area contributed by atoms with Gasteiger partial charge in [0, 0.05) is 17.3 Å². The van der Waals surface area contributed by atoms with Gasteiger partial charge in [0.1, 0.15) is 6.17 Å². The standard InChI is InChI=1S/C22H16N4O3/c1-13-18(15-6-8-17(9-7-15)22(28)29)10-20-24-19(11-21(27)26(20)25-13)16-4-2-14(12-23)3-5-16/h2-11,20,24H,1H3,(H,28,29). The summed E-state index contributed by atoms with van der Waals surface area (Å²) in [5, 5.41) is 27.1. The molecule has 1 atom stereocenters. The van der Waals surface area contributed by atoms with Crippen molar-refractivity contribution in [1.82, 2.24) is 10.3 Å². The summed E-state index contributed by atoms with van der Waals surface area (Å²) in [6.07, 6.45) is 2.90. The van der Waals surface area contributed by atoms with Gasteiger partial charge in [0.15, 0.2) is 0 Å². The number of nitrogens with zero attached hydrogens (tertiary/aromatic N) is 3. The van der Waals surface area contributed by atoms with E-state index in [1.165, 1.54) is 11.1 Å². The number of nitriles is 1. The van der Waals surface area contributed by atoms with Gasteiger partial charge >= 0.3 is 5.97 Å². The lowest BCUT2D eigenvalue weighted by molar-refractivity contribution is -0.128. The highest BCUT2D eigenvalue weighted by molar-refractivity contribution is 6.24. The van der Waals surface area contributed by atoms with E-state index in [2.05, 4.69) is 16.5 Å². The Hall–Kier alpha value is -4.18. The summed E-state index contributed by atoms with van der Waals surface area (Å²) >= 11 is 0. The van der Waals surface area contributed by atoms with Crippen LogP contribution < -0.4 is 5.32 Å². The van der Waals surface area contributed by atoms with Crippen molar-refractivity contribution in [1.29, 1.82) is 5.26 Å². The molecule has 1 amide bonds. The minimum Gasteiger partial charge on any atom is -0.478 e. The van der Waals surface area contributed by atoms with E-state index in [4.69, 9.17) is 10.4 Å². The van der Waals surface area contributed by atoms with Gasteiger partial charge in [-0.2, -0.15) is 10.4 Å². The van der Waals surface area contributed by atoms with Crippen LogP contribution in [0.2, 0.25) is 0 Å². The van der Waals surface area contributed by atoms with Crippen molar-refractivity contribution >= 4 is 28.9 Å². The first kappa shape index (κ1) is 18.2. The summed E-state index contributed by atoms with van der Waals surface area (Å²) in [6, 6.07) is 15.6. The first-order chi connectivity index (χ1) is 14.0. The zero-order chi connectivity index (χ0) is 20.5. The lowest BCUT2D eigenvalue weighted by atomic mass is 9.97. The maximum atomic E-state index is 12.6. The molecule has 1 unspecified atom stereocenters. The Morgan fingerprint density at radius 3 is 2.41 bits per heavy atom. The molecule has 29 heavy (non-hydrogen) atoms. The highest BCUT2D eigenvalue weighted by Crippen LogP contribution is 2.27. The Morgan fingerprint density at radius 1 is 1.14 bits per heavy atom. The fraction of sp³-hybridized carbons (Fsp3) is 0.0909. The number of fused-ring (bicyclic) bond motifs is 1. The minimum absolute atomic E-state index is 0.207. The number of carboxylic acid groups (broad SMARTS) is 1. The number of aromatic carboxylic acids is 1. The normalized spacial score (nSPS) is 17.9. The van der Waals surface area contributed by atoms with E-state index >= 15 is 0 Å². The molecule has 2 aliphatic rings. The van der Waals surface area contributed by atoms with Gasteiger partial charge in [-0.25, -0.2) is 9.80 Å². The molecule has 0 saturated heterocycles. The molecule has 2 heterocycles. The summed E-state index contributed by atoms with van der Waals surface area (Å²) in [5.41, 5.74) is 4.50. The number of carbonyl (C=O) groups is 2. The second-order valence-corrected chi connectivity index (χ2v) is 6.67. The van der Waals surface area contributed by atoms with Crippen LogP contribution in [0.15, 0.2) is 65.8 Å². The van der Waals surface area contributed by atoms with Crippen molar-refractivity contribution in [2.45, 2.75) is 13.1 Å². The number of carboxylic acids is 1. The molecule has 0 radical (unpaired) electrons. The summed E-state index contributed by atoms with van der Waals surface area (Å²) in [7, 11) is 0. The molecule has 2 aromatic rings. The third-order valence-electron chi connectivity index (χ3n) is 4.80. The summed E-state index contributed by atoms with van der Waals surface area (Å²) in [6.45, 7) is 1.81. The molecule has 0 spiro atoms. The first-order valence-electron chi connectivity index (χ1n) is 8.89. The van der Waals surface area contributed by atoms with E-state index in [9.17, 15) is 9.59 Å². The average molecular weight is 384 g/mol. The Morgan fingerprint density at radius 2 is 1.79 bits per heavy atom. The van der Waals surface area contributed by atoms with Crippen molar-refractivity contribution in [2.75, 3.05) is 0 Å². The lowest BCUT2D eigenvalue weighted by Crippen LogP contribution is -2.49. The monoisotopic (exact) mass is 384 g/mol. The van der Waals surface area contributed by atoms with E-state index in [1.807, 2.05) is 6.08 Å². The lowest BCUT2D eigenvalue weighted by Gasteiger charge is -2.35. The minimum atomic E-state index is -0.984. The number of hydrogen-bond acceptors (Lipinski definition) is 5. The van der Waals surface area contributed by atoms with Crippen LogP contribution in [-0.4, -0.2) is 33.9 Å². The van der Waals surface area contributed by atoms with E-state index in [1.54, 1.807) is 55.5 Å². The van der Waals surface area contributed by atoms with Crippen LogP contribution in [0.4, 0.5) is 0 Å². The molecule has 7 heteroatoms. The maximum absolute atomic E-state index is 12.6. The molecule has 0 fully saturated rings. The molecule has 2 aliphatic heterocycles. The Kier molecular flexibility index (Phi) is 4.45. The summed E-state index contributed by atoms with van der Waals surface area (Å²) in [5.74, 6) is -1.23.